The van der Waals surface area contributed by atoms with Crippen LogP contribution in [0.3, 0.4) is 0 Å². The van der Waals surface area contributed by atoms with Gasteiger partial charge in [0.2, 0.25) is 15.9 Å². The van der Waals surface area contributed by atoms with Crippen molar-refractivity contribution in [2.45, 2.75) is 37.8 Å². The zero-order chi connectivity index (χ0) is 24.3. The molecule has 1 amide bonds. The molecule has 4 rings (SSSR count). The van der Waals surface area contributed by atoms with E-state index in [1.165, 1.54) is 4.31 Å². The lowest BCUT2D eigenvalue weighted by molar-refractivity contribution is -0.126. The number of aryl methyl sites for hydroxylation is 1. The molecule has 0 aliphatic carbocycles. The minimum absolute atomic E-state index is 0.164. The van der Waals surface area contributed by atoms with Gasteiger partial charge in [-0.15, -0.1) is 0 Å². The quantitative estimate of drug-likeness (QED) is 0.528. The number of fused-ring (bicyclic) bond motifs is 1. The lowest BCUT2D eigenvalue weighted by Crippen LogP contribution is -2.45. The number of carbonyl (C=O) groups excluding carboxylic acids is 1. The number of aromatic nitrogens is 1. The van der Waals surface area contributed by atoms with Crippen molar-refractivity contribution < 1.29 is 22.7 Å². The van der Waals surface area contributed by atoms with E-state index < -0.39 is 15.9 Å². The average Bonchev–Trinajstić information content (AvgIpc) is 3.29. The second-order valence-electron chi connectivity index (χ2n) is 8.42. The van der Waals surface area contributed by atoms with Gasteiger partial charge in [0, 0.05) is 48.8 Å². The fraction of sp³-hybridized carbons (Fsp3) is 0.400. The zero-order valence-electron chi connectivity index (χ0n) is 19.8. The summed E-state index contributed by atoms with van der Waals surface area (Å²) in [5.74, 6) is 0.748. The molecule has 0 radical (unpaired) electrons. The summed E-state index contributed by atoms with van der Waals surface area (Å²) in [4.78, 5) is 13.2. The third-order valence-electron chi connectivity index (χ3n) is 6.42. The van der Waals surface area contributed by atoms with E-state index in [1.807, 2.05) is 31.3 Å². The van der Waals surface area contributed by atoms with Crippen LogP contribution >= 0.6 is 0 Å². The molecule has 1 aliphatic rings. The number of ether oxygens (including phenoxy) is 2. The van der Waals surface area contributed by atoms with Crippen LogP contribution in [-0.4, -0.2) is 50.5 Å². The third-order valence-corrected chi connectivity index (χ3v) is 8.28. The van der Waals surface area contributed by atoms with Crippen molar-refractivity contribution in [1.82, 2.24) is 14.2 Å². The summed E-state index contributed by atoms with van der Waals surface area (Å²) in [5, 5.41) is 3.83. The highest BCUT2D eigenvalue weighted by Crippen LogP contribution is 2.28. The molecule has 1 atom stereocenters. The first kappa shape index (κ1) is 24.1. The van der Waals surface area contributed by atoms with Gasteiger partial charge in [-0.1, -0.05) is 0 Å². The lowest BCUT2D eigenvalue weighted by Gasteiger charge is -2.31. The molecule has 34 heavy (non-hydrogen) atoms. The number of nitrogens with zero attached hydrogens (tertiary/aromatic N) is 2. The number of rotatable bonds is 8. The van der Waals surface area contributed by atoms with Crippen molar-refractivity contribution in [2.24, 2.45) is 5.92 Å². The van der Waals surface area contributed by atoms with E-state index in [-0.39, 0.29) is 23.9 Å². The van der Waals surface area contributed by atoms with Crippen LogP contribution in [0.2, 0.25) is 0 Å². The van der Waals surface area contributed by atoms with Crippen LogP contribution in [0, 0.1) is 5.92 Å². The van der Waals surface area contributed by atoms with Crippen molar-refractivity contribution in [3.8, 4) is 11.5 Å². The standard InChI is InChI=1S/C25H31N3O5S/c1-4-27-13-11-18-15-22(8-9-23(18)27)34(30,31)28-12-5-6-19(17-28)25(29)26-16-20-14-21(32-2)7-10-24(20)33-3/h7-11,13-15,19H,4-6,12,16-17H2,1-3H3,(H,26,29)/t19-/m1/s1. The molecule has 3 aromatic rings. The molecule has 2 heterocycles. The second-order valence-corrected chi connectivity index (χ2v) is 10.4. The van der Waals surface area contributed by atoms with Crippen molar-refractivity contribution in [1.29, 1.82) is 0 Å². The Morgan fingerprint density at radius 3 is 2.68 bits per heavy atom. The van der Waals surface area contributed by atoms with Gasteiger partial charge in [-0.3, -0.25) is 4.79 Å². The van der Waals surface area contributed by atoms with E-state index in [0.29, 0.717) is 30.9 Å². The molecular weight excluding hydrogens is 454 g/mol. The first-order valence-electron chi connectivity index (χ1n) is 11.4. The molecule has 8 nitrogen and oxygen atoms in total. The Balaban J connectivity index is 1.46. The van der Waals surface area contributed by atoms with Crippen LogP contribution < -0.4 is 14.8 Å². The third kappa shape index (κ3) is 4.76. The van der Waals surface area contributed by atoms with Crippen LogP contribution in [0.1, 0.15) is 25.3 Å². The summed E-state index contributed by atoms with van der Waals surface area (Å²) in [6.07, 6.45) is 3.24. The fourth-order valence-corrected chi connectivity index (χ4v) is 6.04. The highest BCUT2D eigenvalue weighted by atomic mass is 32.2. The Morgan fingerprint density at radius 2 is 1.94 bits per heavy atom. The Bertz CT molecular complexity index is 1280. The van der Waals surface area contributed by atoms with Crippen LogP contribution in [0.15, 0.2) is 53.6 Å². The van der Waals surface area contributed by atoms with Crippen LogP contribution in [0.4, 0.5) is 0 Å². The lowest BCUT2D eigenvalue weighted by atomic mass is 9.98. The molecule has 2 aromatic carbocycles. The number of hydrogen-bond acceptors (Lipinski definition) is 5. The summed E-state index contributed by atoms with van der Waals surface area (Å²) in [6, 6.07) is 12.6. The van der Waals surface area contributed by atoms with E-state index >= 15 is 0 Å². The monoisotopic (exact) mass is 485 g/mol. The molecule has 1 aromatic heterocycles. The van der Waals surface area contributed by atoms with E-state index in [2.05, 4.69) is 9.88 Å². The van der Waals surface area contributed by atoms with E-state index in [1.54, 1.807) is 38.5 Å². The Labute approximate surface area is 200 Å². The van der Waals surface area contributed by atoms with Crippen LogP contribution in [-0.2, 0) is 27.9 Å². The number of methoxy groups -OCH3 is 2. The molecule has 0 unspecified atom stereocenters. The summed E-state index contributed by atoms with van der Waals surface area (Å²) in [7, 11) is -0.540. The highest BCUT2D eigenvalue weighted by molar-refractivity contribution is 7.89. The SMILES string of the molecule is CCn1ccc2cc(S(=O)(=O)N3CCC[C@@H](C(=O)NCc4cc(OC)ccc4OC)C3)ccc21. The summed E-state index contributed by atoms with van der Waals surface area (Å²) in [5.41, 5.74) is 1.80. The van der Waals surface area contributed by atoms with Gasteiger partial charge in [0.1, 0.15) is 11.5 Å². The van der Waals surface area contributed by atoms with Crippen molar-refractivity contribution in [3.05, 3.63) is 54.2 Å². The first-order valence-corrected chi connectivity index (χ1v) is 12.9. The molecule has 9 heteroatoms. The molecule has 1 fully saturated rings. The maximum atomic E-state index is 13.4. The van der Waals surface area contributed by atoms with Gasteiger partial charge in [0.15, 0.2) is 0 Å². The van der Waals surface area contributed by atoms with Gasteiger partial charge >= 0.3 is 0 Å². The second kappa shape index (κ2) is 10.1. The number of nitrogens with one attached hydrogen (secondary N) is 1. The van der Waals surface area contributed by atoms with Gasteiger partial charge in [-0.25, -0.2) is 8.42 Å². The highest BCUT2D eigenvalue weighted by Gasteiger charge is 2.33. The maximum Gasteiger partial charge on any atom is 0.243 e. The first-order chi connectivity index (χ1) is 16.4. The van der Waals surface area contributed by atoms with Crippen molar-refractivity contribution in [2.75, 3.05) is 27.3 Å². The molecule has 1 aliphatic heterocycles. The Hall–Kier alpha value is -3.04. The smallest absolute Gasteiger partial charge is 0.243 e. The minimum atomic E-state index is -3.70. The summed E-state index contributed by atoms with van der Waals surface area (Å²) in [6.45, 7) is 3.71. The number of sulfonamides is 1. The van der Waals surface area contributed by atoms with Gasteiger partial charge < -0.3 is 19.4 Å². The largest absolute Gasteiger partial charge is 0.497 e. The van der Waals surface area contributed by atoms with Gasteiger partial charge in [0.05, 0.1) is 25.0 Å². The minimum Gasteiger partial charge on any atom is -0.497 e. The van der Waals surface area contributed by atoms with E-state index in [9.17, 15) is 13.2 Å². The number of amides is 1. The number of carbonyl (C=O) groups is 1. The average molecular weight is 486 g/mol. The number of hydrogen-bond donors (Lipinski definition) is 1. The summed E-state index contributed by atoms with van der Waals surface area (Å²) < 4.78 is 40.9. The molecule has 0 saturated carbocycles. The normalized spacial score (nSPS) is 17.0. The van der Waals surface area contributed by atoms with E-state index in [4.69, 9.17) is 9.47 Å². The van der Waals surface area contributed by atoms with Gasteiger partial charge in [0.25, 0.3) is 0 Å². The van der Waals surface area contributed by atoms with Crippen molar-refractivity contribution >= 4 is 26.8 Å². The Kier molecular flexibility index (Phi) is 7.13. The maximum absolute atomic E-state index is 13.4. The topological polar surface area (TPSA) is 89.9 Å². The Morgan fingerprint density at radius 1 is 1.12 bits per heavy atom. The van der Waals surface area contributed by atoms with E-state index in [0.717, 1.165) is 23.0 Å². The van der Waals surface area contributed by atoms with Crippen LogP contribution in [0.5, 0.6) is 11.5 Å². The molecule has 182 valence electrons. The molecular formula is C25H31N3O5S. The molecule has 0 spiro atoms. The van der Waals surface area contributed by atoms with Gasteiger partial charge in [-0.2, -0.15) is 4.31 Å². The van der Waals surface area contributed by atoms with Crippen LogP contribution in [0.25, 0.3) is 10.9 Å². The zero-order valence-corrected chi connectivity index (χ0v) is 20.6. The molecule has 1 N–H and O–H groups in total. The molecule has 0 bridgehead atoms. The van der Waals surface area contributed by atoms with Gasteiger partial charge in [-0.05, 0) is 62.2 Å². The predicted octanol–water partition coefficient (Wildman–Crippen LogP) is 3.40. The summed E-state index contributed by atoms with van der Waals surface area (Å²) >= 11 is 0. The number of benzene rings is 2. The number of piperidine rings is 1. The predicted molar refractivity (Wildman–Crippen MR) is 130 cm³/mol. The fourth-order valence-electron chi connectivity index (χ4n) is 4.48. The van der Waals surface area contributed by atoms with Crippen molar-refractivity contribution in [3.63, 3.8) is 0 Å². The molecule has 1 saturated heterocycles.